The maximum absolute atomic E-state index is 12.8. The Labute approximate surface area is 291 Å². The first-order valence-corrected chi connectivity index (χ1v) is 17.4. The number of ether oxygens (including phenoxy) is 2. The Kier molecular flexibility index (Phi) is 11.4. The van der Waals surface area contributed by atoms with Crippen LogP contribution in [0.15, 0.2) is 128 Å². The molecule has 2 aromatic heterocycles. The second kappa shape index (κ2) is 16.4. The summed E-state index contributed by atoms with van der Waals surface area (Å²) in [6, 6.07) is 34.8. The van der Waals surface area contributed by atoms with Crippen molar-refractivity contribution < 1.29 is 23.1 Å². The molecule has 6 rings (SSSR count). The average Bonchev–Trinajstić information content (AvgIpc) is 3.14. The number of fused-ring (bicyclic) bond motifs is 2. The van der Waals surface area contributed by atoms with Crippen LogP contribution in [-0.4, -0.2) is 18.9 Å². The Morgan fingerprint density at radius 2 is 1.14 bits per heavy atom. The number of benzene rings is 4. The second-order valence-electron chi connectivity index (χ2n) is 12.8. The zero-order valence-corrected chi connectivity index (χ0v) is 28.6. The van der Waals surface area contributed by atoms with Crippen LogP contribution in [0.1, 0.15) is 57.1 Å². The number of aryl methyl sites for hydroxylation is 2. The van der Waals surface area contributed by atoms with Crippen molar-refractivity contribution in [3.63, 3.8) is 0 Å². The summed E-state index contributed by atoms with van der Waals surface area (Å²) >= 11 is 0. The van der Waals surface area contributed by atoms with Gasteiger partial charge in [0.05, 0.1) is 23.1 Å². The van der Waals surface area contributed by atoms with Gasteiger partial charge in [-0.25, -0.2) is 9.59 Å². The maximum Gasteiger partial charge on any atom is 0.344 e. The summed E-state index contributed by atoms with van der Waals surface area (Å²) in [5.41, 5.74) is 5.33. The van der Waals surface area contributed by atoms with Gasteiger partial charge in [0.15, 0.2) is 6.79 Å². The van der Waals surface area contributed by atoms with Crippen molar-refractivity contribution >= 4 is 27.9 Å². The van der Waals surface area contributed by atoms with E-state index in [2.05, 4.69) is 12.1 Å². The largest absolute Gasteiger partial charge is 0.438 e. The first-order chi connectivity index (χ1) is 24.4. The van der Waals surface area contributed by atoms with Crippen molar-refractivity contribution in [1.29, 1.82) is 0 Å². The Morgan fingerprint density at radius 1 is 0.660 bits per heavy atom. The molecular weight excluding hydrogens is 628 g/mol. The molecule has 0 radical (unpaired) electrons. The molecule has 1 atom stereocenters. The first-order valence-electron chi connectivity index (χ1n) is 17.4. The average molecular weight is 671 g/mol. The maximum atomic E-state index is 12.8. The van der Waals surface area contributed by atoms with E-state index >= 15 is 0 Å². The van der Waals surface area contributed by atoms with Crippen molar-refractivity contribution in [2.24, 2.45) is 5.92 Å². The number of esters is 1. The summed E-state index contributed by atoms with van der Waals surface area (Å²) in [5, 5.41) is 1.75. The fourth-order valence-corrected chi connectivity index (χ4v) is 6.14. The molecule has 2 heterocycles. The fourth-order valence-electron chi connectivity index (χ4n) is 6.14. The van der Waals surface area contributed by atoms with E-state index in [4.69, 9.17) is 18.3 Å². The van der Waals surface area contributed by atoms with Gasteiger partial charge in [-0.3, -0.25) is 4.79 Å². The van der Waals surface area contributed by atoms with Crippen LogP contribution in [0.2, 0.25) is 0 Å². The quantitative estimate of drug-likeness (QED) is 0.0610. The molecule has 6 aromatic rings. The normalized spacial score (nSPS) is 12.1. The van der Waals surface area contributed by atoms with Gasteiger partial charge in [0.1, 0.15) is 11.2 Å². The van der Waals surface area contributed by atoms with Crippen LogP contribution in [-0.2, 0) is 27.1 Å². The van der Waals surface area contributed by atoms with Crippen LogP contribution in [0.5, 0.6) is 0 Å². The third-order valence-electron chi connectivity index (χ3n) is 9.27. The number of carbonyl (C=O) groups excluding carboxylic acids is 1. The van der Waals surface area contributed by atoms with E-state index in [-0.39, 0.29) is 36.0 Å². The lowest BCUT2D eigenvalue weighted by Gasteiger charge is -2.19. The van der Waals surface area contributed by atoms with Crippen LogP contribution < -0.4 is 11.3 Å². The van der Waals surface area contributed by atoms with Gasteiger partial charge in [-0.15, -0.1) is 0 Å². The van der Waals surface area contributed by atoms with E-state index in [1.165, 1.54) is 0 Å². The summed E-state index contributed by atoms with van der Waals surface area (Å²) in [6.45, 7) is 3.72. The molecule has 256 valence electrons. The van der Waals surface area contributed by atoms with Gasteiger partial charge >= 0.3 is 17.2 Å². The summed E-state index contributed by atoms with van der Waals surface area (Å²) in [7, 11) is 0. The summed E-state index contributed by atoms with van der Waals surface area (Å²) < 4.78 is 23.0. The van der Waals surface area contributed by atoms with Crippen molar-refractivity contribution in [1.82, 2.24) is 0 Å². The molecule has 50 heavy (non-hydrogen) atoms. The zero-order valence-electron chi connectivity index (χ0n) is 28.6. The lowest BCUT2D eigenvalue weighted by atomic mass is 9.99. The molecule has 0 saturated heterocycles. The molecule has 0 amide bonds. The minimum Gasteiger partial charge on any atom is -0.438 e. The number of rotatable bonds is 15. The summed E-state index contributed by atoms with van der Waals surface area (Å²) in [4.78, 5) is 37.8. The van der Waals surface area contributed by atoms with Gasteiger partial charge in [-0.05, 0) is 91.5 Å². The van der Waals surface area contributed by atoms with Gasteiger partial charge in [-0.2, -0.15) is 0 Å². The molecule has 1 unspecified atom stereocenters. The Balaban J connectivity index is 1.08. The highest BCUT2D eigenvalue weighted by molar-refractivity contribution is 5.83. The monoisotopic (exact) mass is 670 g/mol. The van der Waals surface area contributed by atoms with Crippen molar-refractivity contribution in [2.45, 2.75) is 64.9 Å². The molecule has 0 aliphatic carbocycles. The second-order valence-corrected chi connectivity index (χ2v) is 12.8. The lowest BCUT2D eigenvalue weighted by Crippen LogP contribution is -2.20. The first kappa shape index (κ1) is 34.6. The smallest absolute Gasteiger partial charge is 0.344 e. The third-order valence-corrected chi connectivity index (χ3v) is 9.27. The van der Waals surface area contributed by atoms with E-state index < -0.39 is 0 Å². The molecule has 0 aliphatic rings. The summed E-state index contributed by atoms with van der Waals surface area (Å²) in [6.07, 6.45) is 5.37. The molecule has 4 aromatic carbocycles. The minimum absolute atomic E-state index is 0.0798. The van der Waals surface area contributed by atoms with E-state index in [9.17, 15) is 14.4 Å². The minimum atomic E-state index is -0.355. The summed E-state index contributed by atoms with van der Waals surface area (Å²) in [5.74, 6) is -0.432. The van der Waals surface area contributed by atoms with Gasteiger partial charge in [-0.1, -0.05) is 98.8 Å². The third kappa shape index (κ3) is 8.65. The molecule has 0 spiro atoms. The number of hydrogen-bond donors (Lipinski definition) is 0. The molecule has 0 bridgehead atoms. The SMILES string of the molecule is CCC(C)C(=O)OCOC(CCCc1ccc2cc(-c3ccccc3)c(=O)oc2c1)CCCc1ccc2cc(-c3ccccc3)c(=O)oc2c1. The van der Waals surface area contributed by atoms with Gasteiger partial charge < -0.3 is 18.3 Å². The van der Waals surface area contributed by atoms with Crippen LogP contribution in [0, 0.1) is 5.92 Å². The van der Waals surface area contributed by atoms with E-state index in [0.29, 0.717) is 28.7 Å². The van der Waals surface area contributed by atoms with Gasteiger partial charge in [0.25, 0.3) is 0 Å². The molecule has 7 heteroatoms. The highest BCUT2D eigenvalue weighted by Gasteiger charge is 2.16. The zero-order chi connectivity index (χ0) is 34.9. The Morgan fingerprint density at radius 3 is 1.60 bits per heavy atom. The Hall–Kier alpha value is -5.27. The van der Waals surface area contributed by atoms with Crippen molar-refractivity contribution in [3.05, 3.63) is 141 Å². The van der Waals surface area contributed by atoms with E-state index in [1.807, 2.05) is 111 Å². The molecule has 7 nitrogen and oxygen atoms in total. The standard InChI is InChI=1S/C43H42O7/c1-3-29(2)41(44)48-28-47-36(18-10-12-30-20-22-34-26-37(32-14-6-4-7-15-32)42(45)49-39(34)24-30)19-11-13-31-21-23-35-27-38(33-16-8-5-9-17-33)43(46)50-40(35)25-31/h4-9,14-17,20-27,29,36H,3,10-13,18-19,28H2,1-2H3. The van der Waals surface area contributed by atoms with Crippen LogP contribution >= 0.6 is 0 Å². The highest BCUT2D eigenvalue weighted by Crippen LogP contribution is 2.25. The predicted molar refractivity (Wildman–Crippen MR) is 197 cm³/mol. The molecule has 0 fully saturated rings. The van der Waals surface area contributed by atoms with Crippen molar-refractivity contribution in [2.75, 3.05) is 6.79 Å². The number of hydrogen-bond acceptors (Lipinski definition) is 7. The van der Waals surface area contributed by atoms with E-state index in [1.54, 1.807) is 0 Å². The van der Waals surface area contributed by atoms with Crippen molar-refractivity contribution in [3.8, 4) is 22.3 Å². The topological polar surface area (TPSA) is 96.0 Å². The van der Waals surface area contributed by atoms with Crippen LogP contribution in [0.4, 0.5) is 0 Å². The van der Waals surface area contributed by atoms with E-state index in [0.717, 1.165) is 71.6 Å². The molecule has 0 N–H and O–H groups in total. The van der Waals surface area contributed by atoms with Crippen LogP contribution in [0.25, 0.3) is 44.2 Å². The van der Waals surface area contributed by atoms with Gasteiger partial charge in [0.2, 0.25) is 0 Å². The predicted octanol–water partition coefficient (Wildman–Crippen LogP) is 9.51. The molecule has 0 aliphatic heterocycles. The van der Waals surface area contributed by atoms with Gasteiger partial charge in [0, 0.05) is 10.8 Å². The molecule has 0 saturated carbocycles. The fraction of sp³-hybridized carbons (Fsp3) is 0.279. The van der Waals surface area contributed by atoms with Crippen LogP contribution in [0.3, 0.4) is 0 Å². The number of carbonyl (C=O) groups is 1. The molecular formula is C43H42O7. The lowest BCUT2D eigenvalue weighted by molar-refractivity contribution is -0.165. The Bertz CT molecular complexity index is 2020. The highest BCUT2D eigenvalue weighted by atomic mass is 16.7.